The number of carboxylic acids is 1. The number of carboxylic acid groups (broad SMARTS) is 1. The first-order valence-electron chi connectivity index (χ1n) is 6.16. The van der Waals surface area contributed by atoms with Gasteiger partial charge >= 0.3 is 11.9 Å². The SMILES string of the molecule is O=C(O)COC(=O)c1ccc(C(=O)c2ccccc2)cc1. The summed E-state index contributed by atoms with van der Waals surface area (Å²) in [5.74, 6) is -2.11. The van der Waals surface area contributed by atoms with E-state index < -0.39 is 18.5 Å². The Labute approximate surface area is 120 Å². The molecular weight excluding hydrogens is 272 g/mol. The number of aliphatic carboxylic acids is 1. The lowest BCUT2D eigenvalue weighted by atomic mass is 10.0. The van der Waals surface area contributed by atoms with Gasteiger partial charge in [-0.3, -0.25) is 4.79 Å². The van der Waals surface area contributed by atoms with Crippen molar-refractivity contribution in [2.45, 2.75) is 0 Å². The molecule has 0 fully saturated rings. The number of carbonyl (C=O) groups excluding carboxylic acids is 2. The molecule has 106 valence electrons. The Hall–Kier alpha value is -2.95. The molecule has 5 nitrogen and oxygen atoms in total. The summed E-state index contributed by atoms with van der Waals surface area (Å²) >= 11 is 0. The molecule has 5 heteroatoms. The number of esters is 1. The molecule has 0 aliphatic carbocycles. The largest absolute Gasteiger partial charge is 0.479 e. The maximum atomic E-state index is 12.1. The van der Waals surface area contributed by atoms with Gasteiger partial charge in [-0.2, -0.15) is 0 Å². The average molecular weight is 284 g/mol. The number of benzene rings is 2. The molecule has 0 heterocycles. The van der Waals surface area contributed by atoms with Gasteiger partial charge in [-0.15, -0.1) is 0 Å². The summed E-state index contributed by atoms with van der Waals surface area (Å²) in [5, 5.41) is 8.43. The van der Waals surface area contributed by atoms with E-state index in [4.69, 9.17) is 5.11 Å². The highest BCUT2D eigenvalue weighted by Gasteiger charge is 2.12. The van der Waals surface area contributed by atoms with E-state index in [1.54, 1.807) is 24.3 Å². The van der Waals surface area contributed by atoms with Crippen LogP contribution in [0.1, 0.15) is 26.3 Å². The first-order valence-corrected chi connectivity index (χ1v) is 6.16. The van der Waals surface area contributed by atoms with Gasteiger partial charge in [0.15, 0.2) is 12.4 Å². The predicted octanol–water partition coefficient (Wildman–Crippen LogP) is 2.16. The summed E-state index contributed by atoms with van der Waals surface area (Å²) < 4.78 is 4.55. The van der Waals surface area contributed by atoms with Crippen LogP contribution in [0.2, 0.25) is 0 Å². The van der Waals surface area contributed by atoms with Crippen LogP contribution < -0.4 is 0 Å². The van der Waals surface area contributed by atoms with Crippen molar-refractivity contribution < 1.29 is 24.2 Å². The van der Waals surface area contributed by atoms with Crippen LogP contribution in [0.3, 0.4) is 0 Å². The Morgan fingerprint density at radius 3 is 1.90 bits per heavy atom. The van der Waals surface area contributed by atoms with E-state index in [1.165, 1.54) is 24.3 Å². The average Bonchev–Trinajstić information content (AvgIpc) is 2.53. The Bertz CT molecular complexity index is 659. The molecule has 1 N–H and O–H groups in total. The lowest BCUT2D eigenvalue weighted by Crippen LogP contribution is -2.13. The minimum Gasteiger partial charge on any atom is -0.479 e. The van der Waals surface area contributed by atoms with Crippen LogP contribution in [0, 0.1) is 0 Å². The van der Waals surface area contributed by atoms with Crippen LogP contribution in [0.4, 0.5) is 0 Å². The molecule has 0 atom stereocenters. The molecule has 2 aromatic carbocycles. The fourth-order valence-corrected chi connectivity index (χ4v) is 1.72. The summed E-state index contributed by atoms with van der Waals surface area (Å²) in [6.45, 7) is -0.691. The van der Waals surface area contributed by atoms with Crippen LogP contribution in [-0.2, 0) is 9.53 Å². The normalized spacial score (nSPS) is 9.90. The van der Waals surface area contributed by atoms with Gasteiger partial charge in [-0.1, -0.05) is 42.5 Å². The second kappa shape index (κ2) is 6.47. The van der Waals surface area contributed by atoms with Gasteiger partial charge in [0, 0.05) is 11.1 Å². The first kappa shape index (κ1) is 14.5. The van der Waals surface area contributed by atoms with E-state index in [9.17, 15) is 14.4 Å². The van der Waals surface area contributed by atoms with E-state index in [1.807, 2.05) is 6.07 Å². The molecule has 0 saturated heterocycles. The van der Waals surface area contributed by atoms with Crippen molar-refractivity contribution in [2.24, 2.45) is 0 Å². The standard InChI is InChI=1S/C16H12O5/c17-14(18)10-21-16(20)13-8-6-12(7-9-13)15(19)11-4-2-1-3-5-11/h1-9H,10H2,(H,17,18). The number of carbonyl (C=O) groups is 3. The molecule has 0 amide bonds. The lowest BCUT2D eigenvalue weighted by molar-refractivity contribution is -0.140. The van der Waals surface area contributed by atoms with Crippen molar-refractivity contribution >= 4 is 17.7 Å². The molecule has 2 rings (SSSR count). The molecule has 0 radical (unpaired) electrons. The molecular formula is C16H12O5. The fraction of sp³-hybridized carbons (Fsp3) is 0.0625. The second-order valence-corrected chi connectivity index (χ2v) is 4.24. The molecule has 0 bridgehead atoms. The third-order valence-corrected chi connectivity index (χ3v) is 2.75. The predicted molar refractivity (Wildman–Crippen MR) is 74.2 cm³/mol. The van der Waals surface area contributed by atoms with Gasteiger partial charge in [-0.05, 0) is 12.1 Å². The topological polar surface area (TPSA) is 80.7 Å². The van der Waals surface area contributed by atoms with E-state index in [2.05, 4.69) is 4.74 Å². The van der Waals surface area contributed by atoms with Gasteiger partial charge in [-0.25, -0.2) is 9.59 Å². The summed E-state index contributed by atoms with van der Waals surface area (Å²) in [6, 6.07) is 14.6. The van der Waals surface area contributed by atoms with Gasteiger partial charge in [0.25, 0.3) is 0 Å². The number of ketones is 1. The summed E-state index contributed by atoms with van der Waals surface area (Å²) in [6.07, 6.45) is 0. The quantitative estimate of drug-likeness (QED) is 0.672. The maximum Gasteiger partial charge on any atom is 0.341 e. The number of ether oxygens (including phenoxy) is 1. The van der Waals surface area contributed by atoms with E-state index in [-0.39, 0.29) is 11.3 Å². The monoisotopic (exact) mass is 284 g/mol. The molecule has 0 saturated carbocycles. The van der Waals surface area contributed by atoms with Crippen LogP contribution in [-0.4, -0.2) is 29.4 Å². The van der Waals surface area contributed by atoms with Crippen molar-refractivity contribution in [2.75, 3.05) is 6.61 Å². The van der Waals surface area contributed by atoms with Crippen molar-refractivity contribution in [1.29, 1.82) is 0 Å². The highest BCUT2D eigenvalue weighted by molar-refractivity contribution is 6.09. The summed E-state index contributed by atoms with van der Waals surface area (Å²) in [5.41, 5.74) is 1.19. The number of rotatable bonds is 5. The summed E-state index contributed by atoms with van der Waals surface area (Å²) in [7, 11) is 0. The number of hydrogen-bond acceptors (Lipinski definition) is 4. The zero-order valence-corrected chi connectivity index (χ0v) is 11.0. The van der Waals surface area contributed by atoms with Crippen molar-refractivity contribution in [3.8, 4) is 0 Å². The molecule has 0 aliphatic heterocycles. The second-order valence-electron chi connectivity index (χ2n) is 4.24. The molecule has 0 unspecified atom stereocenters. The van der Waals surface area contributed by atoms with E-state index in [0.717, 1.165) is 0 Å². The first-order chi connectivity index (χ1) is 10.1. The fourth-order valence-electron chi connectivity index (χ4n) is 1.72. The Balaban J connectivity index is 2.10. The van der Waals surface area contributed by atoms with E-state index >= 15 is 0 Å². The van der Waals surface area contributed by atoms with Crippen LogP contribution in [0.5, 0.6) is 0 Å². The molecule has 0 aromatic heterocycles. The smallest absolute Gasteiger partial charge is 0.341 e. The van der Waals surface area contributed by atoms with Crippen molar-refractivity contribution in [1.82, 2.24) is 0 Å². The minimum atomic E-state index is -1.22. The van der Waals surface area contributed by atoms with Gasteiger partial charge in [0.2, 0.25) is 0 Å². The third-order valence-electron chi connectivity index (χ3n) is 2.75. The lowest BCUT2D eigenvalue weighted by Gasteiger charge is -2.04. The van der Waals surface area contributed by atoms with Crippen LogP contribution in [0.25, 0.3) is 0 Å². The van der Waals surface area contributed by atoms with Crippen molar-refractivity contribution in [3.63, 3.8) is 0 Å². The van der Waals surface area contributed by atoms with Gasteiger partial charge in [0.1, 0.15) is 0 Å². The maximum absolute atomic E-state index is 12.1. The highest BCUT2D eigenvalue weighted by atomic mass is 16.5. The van der Waals surface area contributed by atoms with Crippen molar-refractivity contribution in [3.05, 3.63) is 71.3 Å². The minimum absolute atomic E-state index is 0.152. The van der Waals surface area contributed by atoms with E-state index in [0.29, 0.717) is 11.1 Å². The zero-order chi connectivity index (χ0) is 15.2. The Kier molecular flexibility index (Phi) is 4.46. The Morgan fingerprint density at radius 1 is 0.810 bits per heavy atom. The summed E-state index contributed by atoms with van der Waals surface area (Å²) in [4.78, 5) is 34.0. The molecule has 0 aliphatic rings. The highest BCUT2D eigenvalue weighted by Crippen LogP contribution is 2.11. The third kappa shape index (κ3) is 3.76. The van der Waals surface area contributed by atoms with Gasteiger partial charge < -0.3 is 9.84 Å². The van der Waals surface area contributed by atoms with Crippen LogP contribution >= 0.6 is 0 Å². The molecule has 0 spiro atoms. The Morgan fingerprint density at radius 2 is 1.33 bits per heavy atom. The number of hydrogen-bond donors (Lipinski definition) is 1. The zero-order valence-electron chi connectivity index (χ0n) is 11.0. The molecule has 2 aromatic rings. The van der Waals surface area contributed by atoms with Gasteiger partial charge in [0.05, 0.1) is 5.56 Å². The van der Waals surface area contributed by atoms with Crippen LogP contribution in [0.15, 0.2) is 54.6 Å². The molecule has 21 heavy (non-hydrogen) atoms.